The molecule has 0 N–H and O–H groups in total. The summed E-state index contributed by atoms with van der Waals surface area (Å²) in [5.41, 5.74) is 8.80. The van der Waals surface area contributed by atoms with Gasteiger partial charge in [-0.2, -0.15) is 0 Å². The molecule has 3 heterocycles. The number of hydrogen-bond donors (Lipinski definition) is 0. The van der Waals surface area contributed by atoms with Gasteiger partial charge in [0.15, 0.2) is 0 Å². The molecule has 2 aliphatic rings. The Hall–Kier alpha value is -4.63. The van der Waals surface area contributed by atoms with Gasteiger partial charge in [0.2, 0.25) is 0 Å². The van der Waals surface area contributed by atoms with E-state index >= 15 is 0 Å². The number of aryl methyl sites for hydroxylation is 1. The van der Waals surface area contributed by atoms with Crippen molar-refractivity contribution in [3.05, 3.63) is 144 Å². The number of pyridine rings is 2. The molecule has 3 aromatic heterocycles. The van der Waals surface area contributed by atoms with E-state index in [-0.39, 0.29) is 31.4 Å². The van der Waals surface area contributed by atoms with Crippen molar-refractivity contribution in [2.75, 3.05) is 0 Å². The molecule has 0 aliphatic heterocycles. The second kappa shape index (κ2) is 15.9. The molecule has 1 radical (unpaired) electrons. The molecule has 3 nitrogen and oxygen atoms in total. The normalized spacial score (nSPS) is 17.6. The summed E-state index contributed by atoms with van der Waals surface area (Å²) in [6.45, 7) is 9.22. The van der Waals surface area contributed by atoms with Crippen LogP contribution in [0.3, 0.4) is 0 Å². The van der Waals surface area contributed by atoms with Crippen LogP contribution in [0.4, 0.5) is 0 Å². The summed E-state index contributed by atoms with van der Waals surface area (Å²) in [5, 5.41) is 6.83. The maximum absolute atomic E-state index is 8.34. The molecule has 0 bridgehead atoms. The minimum Gasteiger partial charge on any atom is -0.501 e. The standard InChI is InChI=1S/C39H38NO.C15H16N.Ir/c1-25-24-40-35(22-32(25)27-13-15-39(16-14-27)19-17-38(2,3)18-20-39)31-10-6-9-30-34-21-28-12-11-26-7-4-5-8-29(26)33(28)23-36(34)41-37(30)31;1-15(2,3)13-9-10-16-14(11-13)12-7-5-4-6-8-12;/h4-9,11-12,21-24,27H,13-20H2,1-3H3;4-7,9-11H,1-3H3;/q2*-1;/i1D3;;. The Labute approximate surface area is 362 Å². The van der Waals surface area contributed by atoms with Gasteiger partial charge in [0.05, 0.1) is 5.58 Å². The van der Waals surface area contributed by atoms with Crippen molar-refractivity contribution in [2.24, 2.45) is 10.8 Å². The molecule has 2 saturated carbocycles. The Morgan fingerprint density at radius 2 is 1.48 bits per heavy atom. The first kappa shape index (κ1) is 36.4. The zero-order chi connectivity index (χ0) is 41.9. The summed E-state index contributed by atoms with van der Waals surface area (Å²) in [6, 6.07) is 41.9. The molecule has 8 aromatic rings. The second-order valence-electron chi connectivity index (χ2n) is 18.6. The van der Waals surface area contributed by atoms with Crippen LogP contribution >= 0.6 is 0 Å². The Morgan fingerprint density at radius 3 is 2.24 bits per heavy atom. The Kier molecular flexibility index (Phi) is 9.96. The predicted molar refractivity (Wildman–Crippen MR) is 239 cm³/mol. The van der Waals surface area contributed by atoms with Gasteiger partial charge in [-0.1, -0.05) is 94.1 Å². The van der Waals surface area contributed by atoms with Crippen LogP contribution in [-0.2, 0) is 25.5 Å². The van der Waals surface area contributed by atoms with Crippen LogP contribution in [0.5, 0.6) is 0 Å². The average molecular weight is 942 g/mol. The van der Waals surface area contributed by atoms with Crippen molar-refractivity contribution in [1.82, 2.24) is 9.97 Å². The number of benzene rings is 5. The quantitative estimate of drug-likeness (QED) is 0.131. The largest absolute Gasteiger partial charge is 0.501 e. The first-order valence-electron chi connectivity index (χ1n) is 22.3. The average Bonchev–Trinajstić information content (AvgIpc) is 3.62. The van der Waals surface area contributed by atoms with E-state index in [1.54, 1.807) is 6.20 Å². The molecular weight excluding hydrogens is 885 g/mol. The molecule has 1 spiro atoms. The van der Waals surface area contributed by atoms with Gasteiger partial charge < -0.3 is 14.4 Å². The number of furan rings is 1. The third kappa shape index (κ3) is 7.91. The predicted octanol–water partition coefficient (Wildman–Crippen LogP) is 15.2. The second-order valence-corrected chi connectivity index (χ2v) is 18.6. The van der Waals surface area contributed by atoms with E-state index in [4.69, 9.17) is 13.5 Å². The molecule has 0 saturated heterocycles. The molecule has 2 aliphatic carbocycles. The molecule has 4 heteroatoms. The zero-order valence-corrected chi connectivity index (χ0v) is 36.7. The van der Waals surface area contributed by atoms with E-state index in [2.05, 4.69) is 118 Å². The van der Waals surface area contributed by atoms with Crippen molar-refractivity contribution in [2.45, 2.75) is 104 Å². The summed E-state index contributed by atoms with van der Waals surface area (Å²) in [5.74, 6) is 0.223. The Balaban J connectivity index is 0.000000255. The van der Waals surface area contributed by atoms with E-state index in [1.807, 2.05) is 42.6 Å². The first-order valence-corrected chi connectivity index (χ1v) is 20.8. The van der Waals surface area contributed by atoms with Gasteiger partial charge in [0.1, 0.15) is 5.58 Å². The molecular formula is C54H54IrN2O-2. The number of rotatable bonds is 3. The minimum absolute atomic E-state index is 0. The molecule has 10 rings (SSSR count). The van der Waals surface area contributed by atoms with Crippen molar-refractivity contribution in [1.29, 1.82) is 0 Å². The van der Waals surface area contributed by atoms with E-state index in [0.29, 0.717) is 16.4 Å². The van der Waals surface area contributed by atoms with Crippen molar-refractivity contribution in [3.8, 4) is 22.5 Å². The minimum atomic E-state index is -2.21. The number of fused-ring (bicyclic) bond motifs is 6. The fraction of sp³-hybridized carbons (Fsp3) is 0.333. The van der Waals surface area contributed by atoms with Gasteiger partial charge >= 0.3 is 0 Å². The summed E-state index contributed by atoms with van der Waals surface area (Å²) in [7, 11) is 0. The first-order chi connectivity index (χ1) is 28.7. The maximum Gasteiger partial charge on any atom is 0.121 e. The maximum atomic E-state index is 8.34. The van der Waals surface area contributed by atoms with Gasteiger partial charge in [0.25, 0.3) is 0 Å². The van der Waals surface area contributed by atoms with Crippen molar-refractivity contribution in [3.63, 3.8) is 0 Å². The SMILES string of the molecule is CC(C)(C)c1ccnc(-c2[c-]cccc2)c1.[2H]C([2H])([2H])c1cnc(-c2[c-]ccc3c2oc2cc4c(ccc5ccccc54)cc23)cc1C1CCC2(CC1)CCC(C)(C)CC2.[Ir]. The zero-order valence-electron chi connectivity index (χ0n) is 37.3. The summed E-state index contributed by atoms with van der Waals surface area (Å²) in [6.07, 6.45) is 13.1. The summed E-state index contributed by atoms with van der Waals surface area (Å²) in [4.78, 5) is 9.13. The van der Waals surface area contributed by atoms with Crippen LogP contribution in [0.2, 0.25) is 0 Å². The van der Waals surface area contributed by atoms with Crippen LogP contribution in [-0.4, -0.2) is 9.97 Å². The van der Waals surface area contributed by atoms with Gasteiger partial charge in [-0.05, 0) is 148 Å². The van der Waals surface area contributed by atoms with Crippen LogP contribution in [0.1, 0.15) is 113 Å². The van der Waals surface area contributed by atoms with E-state index in [0.717, 1.165) is 62.9 Å². The third-order valence-corrected chi connectivity index (χ3v) is 13.3. The van der Waals surface area contributed by atoms with Crippen LogP contribution in [0.25, 0.3) is 66.0 Å². The number of nitrogens with zero attached hydrogens (tertiary/aromatic N) is 2. The van der Waals surface area contributed by atoms with E-state index in [1.165, 1.54) is 65.6 Å². The topological polar surface area (TPSA) is 38.9 Å². The molecule has 58 heavy (non-hydrogen) atoms. The van der Waals surface area contributed by atoms with Gasteiger partial charge in [-0.15, -0.1) is 54.1 Å². The number of hydrogen-bond acceptors (Lipinski definition) is 3. The Bertz CT molecular complexity index is 2830. The van der Waals surface area contributed by atoms with Crippen molar-refractivity contribution < 1.29 is 28.6 Å². The number of aromatic nitrogens is 2. The summed E-state index contributed by atoms with van der Waals surface area (Å²) >= 11 is 0. The van der Waals surface area contributed by atoms with Gasteiger partial charge in [-0.3, -0.25) is 0 Å². The van der Waals surface area contributed by atoms with E-state index < -0.39 is 6.85 Å². The summed E-state index contributed by atoms with van der Waals surface area (Å²) < 4.78 is 31.6. The fourth-order valence-corrected chi connectivity index (χ4v) is 9.47. The fourth-order valence-electron chi connectivity index (χ4n) is 9.47. The monoisotopic (exact) mass is 942 g/mol. The van der Waals surface area contributed by atoms with Crippen LogP contribution < -0.4 is 0 Å². The van der Waals surface area contributed by atoms with Crippen molar-refractivity contribution >= 4 is 43.5 Å². The third-order valence-electron chi connectivity index (χ3n) is 13.3. The van der Waals surface area contributed by atoms with Crippen LogP contribution in [0.15, 0.2) is 120 Å². The molecule has 0 unspecified atom stereocenters. The van der Waals surface area contributed by atoms with Gasteiger partial charge in [0, 0.05) is 42.0 Å². The molecule has 2 fully saturated rings. The molecule has 0 amide bonds. The molecule has 5 aromatic carbocycles. The van der Waals surface area contributed by atoms with Crippen LogP contribution in [0, 0.1) is 29.8 Å². The molecule has 297 valence electrons. The van der Waals surface area contributed by atoms with E-state index in [9.17, 15) is 0 Å². The van der Waals surface area contributed by atoms with Gasteiger partial charge in [-0.25, -0.2) is 0 Å². The smallest absolute Gasteiger partial charge is 0.121 e. The Morgan fingerprint density at radius 1 is 0.707 bits per heavy atom. The molecule has 0 atom stereocenters.